The highest BCUT2D eigenvalue weighted by atomic mass is 32.2. The Morgan fingerprint density at radius 1 is 0.821 bits per heavy atom. The van der Waals surface area contributed by atoms with Crippen LogP contribution in [-0.4, -0.2) is 79.9 Å². The minimum atomic E-state index is -4.30. The summed E-state index contributed by atoms with van der Waals surface area (Å²) in [5, 5.41) is 0. The molecule has 18 heteroatoms. The van der Waals surface area contributed by atoms with E-state index in [-0.39, 0.29) is 0 Å². The van der Waals surface area contributed by atoms with Crippen molar-refractivity contribution < 1.29 is 51.9 Å². The summed E-state index contributed by atoms with van der Waals surface area (Å²) in [7, 11) is -17.2. The fourth-order valence-corrected chi connectivity index (χ4v) is 4.94. The van der Waals surface area contributed by atoms with Crippen LogP contribution < -0.4 is 0 Å². The third-order valence-corrected chi connectivity index (χ3v) is 6.49. The average Bonchev–Trinajstić information content (AvgIpc) is 2.87. The van der Waals surface area contributed by atoms with E-state index in [4.69, 9.17) is 18.2 Å². The number of rotatable bonds is 7. The molecule has 1 aromatic heterocycles. The molecule has 13 nitrogen and oxygen atoms in total. The van der Waals surface area contributed by atoms with Crippen LogP contribution in [0.5, 0.6) is 0 Å². The Morgan fingerprint density at radius 2 is 1.11 bits per heavy atom. The van der Waals surface area contributed by atoms with Gasteiger partial charge in [0.1, 0.15) is 0 Å². The molecule has 0 fully saturated rings. The maximum absolute atomic E-state index is 9.86. The zero-order valence-corrected chi connectivity index (χ0v) is 18.3. The second-order valence-corrected chi connectivity index (χ2v) is 11.8. The van der Waals surface area contributed by atoms with E-state index in [0.29, 0.717) is 0 Å². The summed E-state index contributed by atoms with van der Waals surface area (Å²) in [6.07, 6.45) is 1.83. The standard InChI is InChI=1S/C6H7NS.2C2H6O6S2/c1-3-6-5(2)7-4-8-6;2*3-9(4,5)1-2-10(6,7)8/h3-4H,1H2,2H3;2*1-2H2,(H,3,4,5)(H,6,7,8). The molecule has 0 amide bonds. The van der Waals surface area contributed by atoms with Crippen molar-refractivity contribution in [2.45, 2.75) is 6.92 Å². The molecule has 0 radical (unpaired) electrons. The van der Waals surface area contributed by atoms with Crippen molar-refractivity contribution in [3.05, 3.63) is 22.7 Å². The maximum Gasteiger partial charge on any atom is 0.265 e. The second-order valence-electron chi connectivity index (χ2n) is 4.65. The fraction of sp³-hybridized carbons (Fsp3) is 0.500. The highest BCUT2D eigenvalue weighted by molar-refractivity contribution is 7.90. The summed E-state index contributed by atoms with van der Waals surface area (Å²) in [6, 6.07) is 0. The number of aryl methyl sites for hydroxylation is 1. The molecule has 1 aromatic rings. The van der Waals surface area contributed by atoms with Crippen LogP contribution in [0, 0.1) is 6.92 Å². The lowest BCUT2D eigenvalue weighted by molar-refractivity contribution is 0.472. The molecule has 0 atom stereocenters. The molecule has 0 saturated carbocycles. The predicted molar refractivity (Wildman–Crippen MR) is 103 cm³/mol. The first kappa shape index (κ1) is 29.2. The van der Waals surface area contributed by atoms with Gasteiger partial charge in [-0.1, -0.05) is 12.7 Å². The van der Waals surface area contributed by atoms with Gasteiger partial charge < -0.3 is 0 Å². The van der Waals surface area contributed by atoms with Crippen LogP contribution in [-0.2, 0) is 40.5 Å². The van der Waals surface area contributed by atoms with E-state index in [9.17, 15) is 33.7 Å². The summed E-state index contributed by atoms with van der Waals surface area (Å²) in [4.78, 5) is 5.21. The van der Waals surface area contributed by atoms with E-state index < -0.39 is 63.5 Å². The highest BCUT2D eigenvalue weighted by Gasteiger charge is 2.12. The molecule has 4 N–H and O–H groups in total. The van der Waals surface area contributed by atoms with Gasteiger partial charge in [-0.05, 0) is 6.92 Å². The van der Waals surface area contributed by atoms with E-state index in [0.717, 1.165) is 5.69 Å². The van der Waals surface area contributed by atoms with Crippen molar-refractivity contribution >= 4 is 57.9 Å². The third kappa shape index (κ3) is 23.0. The summed E-state index contributed by atoms with van der Waals surface area (Å²) in [5.41, 5.74) is 2.90. The lowest BCUT2D eigenvalue weighted by Crippen LogP contribution is -2.15. The Hall–Kier alpha value is -0.990. The largest absolute Gasteiger partial charge is 0.286 e. The molecule has 0 unspecified atom stereocenters. The number of aromatic nitrogens is 1. The zero-order valence-electron chi connectivity index (χ0n) is 14.2. The van der Waals surface area contributed by atoms with Crippen LogP contribution in [0.1, 0.15) is 10.6 Å². The van der Waals surface area contributed by atoms with Crippen LogP contribution >= 0.6 is 11.3 Å². The molecule has 0 aromatic carbocycles. The van der Waals surface area contributed by atoms with E-state index in [2.05, 4.69) is 11.6 Å². The zero-order chi connectivity index (χ0) is 22.8. The number of hydrogen-bond acceptors (Lipinski definition) is 10. The maximum atomic E-state index is 9.86. The molecular weight excluding hydrogens is 486 g/mol. The first-order chi connectivity index (χ1) is 12.3. The third-order valence-electron chi connectivity index (χ3n) is 2.17. The van der Waals surface area contributed by atoms with Gasteiger partial charge in [0.15, 0.2) is 0 Å². The summed E-state index contributed by atoms with van der Waals surface area (Å²) >= 11 is 1.62. The van der Waals surface area contributed by atoms with Gasteiger partial charge in [-0.15, -0.1) is 11.3 Å². The lowest BCUT2D eigenvalue weighted by atomic mass is 10.4. The van der Waals surface area contributed by atoms with E-state index in [1.165, 1.54) is 4.88 Å². The Morgan fingerprint density at radius 3 is 1.21 bits per heavy atom. The molecule has 0 aliphatic carbocycles. The molecule has 166 valence electrons. The molecule has 0 bridgehead atoms. The van der Waals surface area contributed by atoms with Gasteiger partial charge in [-0.25, -0.2) is 4.98 Å². The van der Waals surface area contributed by atoms with Crippen molar-refractivity contribution in [2.24, 2.45) is 0 Å². The fourth-order valence-electron chi connectivity index (χ4n) is 0.928. The molecule has 0 spiro atoms. The quantitative estimate of drug-likeness (QED) is 0.346. The minimum Gasteiger partial charge on any atom is -0.286 e. The first-order valence-electron chi connectivity index (χ1n) is 6.59. The van der Waals surface area contributed by atoms with Gasteiger partial charge in [0.05, 0.1) is 34.2 Å². The molecule has 0 aliphatic heterocycles. The highest BCUT2D eigenvalue weighted by Crippen LogP contribution is 2.11. The Labute approximate surface area is 167 Å². The number of nitrogens with zero attached hydrogens (tertiary/aromatic N) is 1. The smallest absolute Gasteiger partial charge is 0.265 e. The van der Waals surface area contributed by atoms with Gasteiger partial charge in [0, 0.05) is 4.88 Å². The van der Waals surface area contributed by atoms with Gasteiger partial charge in [0.25, 0.3) is 40.5 Å². The van der Waals surface area contributed by atoms with E-state index >= 15 is 0 Å². The molecule has 28 heavy (non-hydrogen) atoms. The van der Waals surface area contributed by atoms with Crippen molar-refractivity contribution in [3.8, 4) is 0 Å². The van der Waals surface area contributed by atoms with Crippen LogP contribution in [0.3, 0.4) is 0 Å². The van der Waals surface area contributed by atoms with Crippen LogP contribution in [0.2, 0.25) is 0 Å². The van der Waals surface area contributed by atoms with Gasteiger partial charge in [-0.2, -0.15) is 33.7 Å². The van der Waals surface area contributed by atoms with Gasteiger partial charge >= 0.3 is 0 Å². The van der Waals surface area contributed by atoms with Gasteiger partial charge in [0.2, 0.25) is 0 Å². The molecule has 1 heterocycles. The van der Waals surface area contributed by atoms with Crippen LogP contribution in [0.25, 0.3) is 6.08 Å². The Balaban J connectivity index is 0. The monoisotopic (exact) mass is 505 g/mol. The Kier molecular flexibility index (Phi) is 12.4. The van der Waals surface area contributed by atoms with E-state index in [1.54, 1.807) is 11.3 Å². The Bertz CT molecular complexity index is 906. The first-order valence-corrected chi connectivity index (χ1v) is 13.9. The summed E-state index contributed by atoms with van der Waals surface area (Å²) < 4.78 is 111. The number of hydrogen-bond donors (Lipinski definition) is 4. The van der Waals surface area contributed by atoms with Crippen molar-refractivity contribution in [1.82, 2.24) is 4.98 Å². The molecular formula is C10H19NO12S5. The normalized spacial score (nSPS) is 12.2. The lowest BCUT2D eigenvalue weighted by Gasteiger charge is -1.92. The summed E-state index contributed by atoms with van der Waals surface area (Å²) in [5.74, 6) is -3.92. The molecule has 1 rings (SSSR count). The summed E-state index contributed by atoms with van der Waals surface area (Å²) in [6.45, 7) is 5.61. The predicted octanol–water partition coefficient (Wildman–Crippen LogP) is -0.381. The molecule has 0 saturated heterocycles. The average molecular weight is 506 g/mol. The topological polar surface area (TPSA) is 230 Å². The second kappa shape index (κ2) is 11.9. The van der Waals surface area contributed by atoms with Crippen molar-refractivity contribution in [1.29, 1.82) is 0 Å². The molecule has 0 aliphatic rings. The minimum absolute atomic E-state index is 0.980. The van der Waals surface area contributed by atoms with Crippen molar-refractivity contribution in [2.75, 3.05) is 23.0 Å². The van der Waals surface area contributed by atoms with Gasteiger partial charge in [-0.3, -0.25) is 18.2 Å². The van der Waals surface area contributed by atoms with Crippen molar-refractivity contribution in [3.63, 3.8) is 0 Å². The van der Waals surface area contributed by atoms with Crippen LogP contribution in [0.15, 0.2) is 12.1 Å². The van der Waals surface area contributed by atoms with Crippen LogP contribution in [0.4, 0.5) is 0 Å². The van der Waals surface area contributed by atoms with E-state index in [1.807, 2.05) is 18.5 Å². The number of thiazole rings is 1. The SMILES string of the molecule is C=Cc1scnc1C.O=S(=O)(O)CCS(=O)(=O)O.O=S(=O)(O)CCS(=O)(=O)O.